The lowest BCUT2D eigenvalue weighted by Crippen LogP contribution is -2.44. The van der Waals surface area contributed by atoms with E-state index in [9.17, 15) is 13.2 Å². The number of amides is 1. The fourth-order valence-corrected chi connectivity index (χ4v) is 4.47. The third-order valence-electron chi connectivity index (χ3n) is 6.07. The SMILES string of the molecule is CN(c1cc(COC2CC2)cc(C(=O)NC2CCNC2Cc2ccccc2)c1)S(C)(=O)=O. The fraction of sp³-hybridized carbons (Fsp3) is 0.458. The second-order valence-corrected chi connectivity index (χ2v) is 10.8. The zero-order valence-electron chi connectivity index (χ0n) is 18.6. The molecule has 0 aromatic heterocycles. The molecule has 2 aliphatic rings. The van der Waals surface area contributed by atoms with Crippen molar-refractivity contribution in [1.29, 1.82) is 0 Å². The Balaban J connectivity index is 1.51. The quantitative estimate of drug-likeness (QED) is 0.604. The van der Waals surface area contributed by atoms with Crippen LogP contribution in [0.3, 0.4) is 0 Å². The number of nitrogens with one attached hydrogen (secondary N) is 2. The number of sulfonamides is 1. The fourth-order valence-electron chi connectivity index (χ4n) is 3.99. The van der Waals surface area contributed by atoms with Crippen LogP contribution in [0, 0.1) is 0 Å². The van der Waals surface area contributed by atoms with E-state index >= 15 is 0 Å². The van der Waals surface area contributed by atoms with Crippen LogP contribution >= 0.6 is 0 Å². The summed E-state index contributed by atoms with van der Waals surface area (Å²) in [6.45, 7) is 1.21. The van der Waals surface area contributed by atoms with Crippen molar-refractivity contribution in [3.63, 3.8) is 0 Å². The average molecular weight is 458 g/mol. The van der Waals surface area contributed by atoms with Crippen molar-refractivity contribution in [1.82, 2.24) is 10.6 Å². The van der Waals surface area contributed by atoms with Crippen LogP contribution in [0.4, 0.5) is 5.69 Å². The van der Waals surface area contributed by atoms with Gasteiger partial charge < -0.3 is 15.4 Å². The molecule has 0 bridgehead atoms. The molecule has 2 unspecified atom stereocenters. The number of ether oxygens (including phenoxy) is 1. The average Bonchev–Trinajstić information content (AvgIpc) is 3.51. The number of benzene rings is 2. The standard InChI is InChI=1S/C24H31N3O4S/c1-27(32(2,29)30)20-13-18(16-31-21-8-9-21)12-19(15-20)24(28)26-22-10-11-25-23(22)14-17-6-4-3-5-7-17/h3-7,12-13,15,21-23,25H,8-11,14,16H2,1-2H3,(H,26,28). The predicted octanol–water partition coefficient (Wildman–Crippen LogP) is 2.46. The lowest BCUT2D eigenvalue weighted by Gasteiger charge is -2.22. The third-order valence-corrected chi connectivity index (χ3v) is 7.28. The van der Waals surface area contributed by atoms with E-state index in [-0.39, 0.29) is 24.1 Å². The van der Waals surface area contributed by atoms with Crippen LogP contribution in [0.15, 0.2) is 48.5 Å². The van der Waals surface area contributed by atoms with Crippen LogP contribution in [0.1, 0.15) is 40.7 Å². The van der Waals surface area contributed by atoms with E-state index < -0.39 is 10.0 Å². The maximum atomic E-state index is 13.2. The first-order valence-electron chi connectivity index (χ1n) is 11.1. The summed E-state index contributed by atoms with van der Waals surface area (Å²) >= 11 is 0. The molecule has 172 valence electrons. The van der Waals surface area contributed by atoms with Crippen LogP contribution in [0.25, 0.3) is 0 Å². The van der Waals surface area contributed by atoms with Gasteiger partial charge in [-0.3, -0.25) is 9.10 Å². The van der Waals surface area contributed by atoms with Crippen molar-refractivity contribution in [2.75, 3.05) is 24.2 Å². The lowest BCUT2D eigenvalue weighted by atomic mass is 10.00. The molecule has 1 saturated carbocycles. The summed E-state index contributed by atoms with van der Waals surface area (Å²) in [7, 11) is -1.95. The minimum atomic E-state index is -3.45. The third kappa shape index (κ3) is 5.88. The van der Waals surface area contributed by atoms with Gasteiger partial charge in [0.2, 0.25) is 10.0 Å². The summed E-state index contributed by atoms with van der Waals surface area (Å²) in [5, 5.41) is 6.65. The number of carbonyl (C=O) groups is 1. The lowest BCUT2D eigenvalue weighted by molar-refractivity contribution is 0.0932. The molecule has 2 fully saturated rings. The van der Waals surface area contributed by atoms with Gasteiger partial charge in [0.25, 0.3) is 5.91 Å². The molecule has 7 nitrogen and oxygen atoms in total. The van der Waals surface area contributed by atoms with E-state index in [1.54, 1.807) is 18.2 Å². The molecule has 2 aromatic rings. The highest BCUT2D eigenvalue weighted by atomic mass is 32.2. The summed E-state index contributed by atoms with van der Waals surface area (Å²) in [6, 6.07) is 15.6. The molecule has 1 aliphatic heterocycles. The number of hydrogen-bond acceptors (Lipinski definition) is 5. The maximum Gasteiger partial charge on any atom is 0.251 e. The molecule has 1 heterocycles. The van der Waals surface area contributed by atoms with Crippen molar-refractivity contribution in [2.24, 2.45) is 0 Å². The van der Waals surface area contributed by atoms with Crippen molar-refractivity contribution in [2.45, 2.75) is 50.5 Å². The summed E-state index contributed by atoms with van der Waals surface area (Å²) in [6.07, 6.45) is 5.21. The van der Waals surface area contributed by atoms with Gasteiger partial charge >= 0.3 is 0 Å². The second-order valence-electron chi connectivity index (χ2n) is 8.75. The number of nitrogens with zero attached hydrogens (tertiary/aromatic N) is 1. The zero-order chi connectivity index (χ0) is 22.7. The maximum absolute atomic E-state index is 13.2. The highest BCUT2D eigenvalue weighted by Gasteiger charge is 2.29. The molecule has 2 N–H and O–H groups in total. The van der Waals surface area contributed by atoms with Crippen molar-refractivity contribution >= 4 is 21.6 Å². The zero-order valence-corrected chi connectivity index (χ0v) is 19.4. The van der Waals surface area contributed by atoms with Gasteiger partial charge in [-0.25, -0.2) is 8.42 Å². The second kappa shape index (κ2) is 9.60. The first-order valence-corrected chi connectivity index (χ1v) is 12.9. The van der Waals surface area contributed by atoms with E-state index in [0.717, 1.165) is 44.0 Å². The summed E-state index contributed by atoms with van der Waals surface area (Å²) in [5.74, 6) is -0.201. The Bertz CT molecular complexity index is 1050. The number of rotatable bonds is 9. The Kier molecular flexibility index (Phi) is 6.83. The van der Waals surface area contributed by atoms with Crippen LogP contribution in [-0.2, 0) is 27.8 Å². The van der Waals surface area contributed by atoms with Gasteiger partial charge in [0, 0.05) is 24.7 Å². The van der Waals surface area contributed by atoms with E-state index in [2.05, 4.69) is 22.8 Å². The number of anilines is 1. The minimum Gasteiger partial charge on any atom is -0.374 e. The molecular weight excluding hydrogens is 426 g/mol. The summed E-state index contributed by atoms with van der Waals surface area (Å²) < 4.78 is 31.2. The molecule has 1 aliphatic carbocycles. The monoisotopic (exact) mass is 457 g/mol. The molecule has 2 aromatic carbocycles. The smallest absolute Gasteiger partial charge is 0.251 e. The molecule has 4 rings (SSSR count). The van der Waals surface area contributed by atoms with E-state index in [1.807, 2.05) is 18.2 Å². The first kappa shape index (κ1) is 22.8. The molecular formula is C24H31N3O4S. The molecule has 0 spiro atoms. The van der Waals surface area contributed by atoms with Crippen molar-refractivity contribution < 1.29 is 17.9 Å². The van der Waals surface area contributed by atoms with Crippen molar-refractivity contribution in [3.8, 4) is 0 Å². The van der Waals surface area contributed by atoms with E-state index in [0.29, 0.717) is 17.9 Å². The molecule has 1 saturated heterocycles. The number of carbonyl (C=O) groups excluding carboxylic acids is 1. The van der Waals surface area contributed by atoms with Crippen LogP contribution in [0.5, 0.6) is 0 Å². The highest BCUT2D eigenvalue weighted by Crippen LogP contribution is 2.27. The van der Waals surface area contributed by atoms with Gasteiger partial charge in [0.05, 0.1) is 24.7 Å². The molecule has 0 radical (unpaired) electrons. The molecule has 32 heavy (non-hydrogen) atoms. The summed E-state index contributed by atoms with van der Waals surface area (Å²) in [4.78, 5) is 13.2. The van der Waals surface area contributed by atoms with Crippen LogP contribution < -0.4 is 14.9 Å². The highest BCUT2D eigenvalue weighted by molar-refractivity contribution is 7.92. The Morgan fingerprint density at radius 2 is 1.88 bits per heavy atom. The van der Waals surface area contributed by atoms with Gasteiger partial charge in [-0.2, -0.15) is 0 Å². The first-order chi connectivity index (χ1) is 15.3. The van der Waals surface area contributed by atoms with Gasteiger partial charge in [-0.05, 0) is 61.6 Å². The normalized spacial score (nSPS) is 20.8. The molecule has 2 atom stereocenters. The van der Waals surface area contributed by atoms with Crippen LogP contribution in [-0.4, -0.2) is 52.4 Å². The Morgan fingerprint density at radius 3 is 2.56 bits per heavy atom. The Morgan fingerprint density at radius 1 is 1.12 bits per heavy atom. The largest absolute Gasteiger partial charge is 0.374 e. The Labute approximate surface area is 190 Å². The summed E-state index contributed by atoms with van der Waals surface area (Å²) in [5.41, 5.74) is 2.92. The van der Waals surface area contributed by atoms with Gasteiger partial charge in [0.15, 0.2) is 0 Å². The predicted molar refractivity (Wildman–Crippen MR) is 125 cm³/mol. The minimum absolute atomic E-state index is 0.00478. The topological polar surface area (TPSA) is 87.7 Å². The van der Waals surface area contributed by atoms with E-state index in [1.165, 1.54) is 16.9 Å². The molecule has 8 heteroatoms. The van der Waals surface area contributed by atoms with E-state index in [4.69, 9.17) is 4.74 Å². The molecule has 1 amide bonds. The van der Waals surface area contributed by atoms with Gasteiger partial charge in [0.1, 0.15) is 0 Å². The van der Waals surface area contributed by atoms with Crippen molar-refractivity contribution in [3.05, 3.63) is 65.2 Å². The number of hydrogen-bond donors (Lipinski definition) is 2. The van der Waals surface area contributed by atoms with Gasteiger partial charge in [-0.15, -0.1) is 0 Å². The Hall–Kier alpha value is -2.42. The van der Waals surface area contributed by atoms with Crippen LogP contribution in [0.2, 0.25) is 0 Å². The van der Waals surface area contributed by atoms with Gasteiger partial charge in [-0.1, -0.05) is 30.3 Å².